The molecule has 5 nitrogen and oxygen atoms in total. The van der Waals surface area contributed by atoms with Crippen molar-refractivity contribution in [2.45, 2.75) is 12.3 Å². The summed E-state index contributed by atoms with van der Waals surface area (Å²) in [6.45, 7) is 1.78. The van der Waals surface area contributed by atoms with Gasteiger partial charge in [0, 0.05) is 23.8 Å². The number of rotatable bonds is 3. The van der Waals surface area contributed by atoms with Gasteiger partial charge in [0.15, 0.2) is 9.84 Å². The maximum atomic E-state index is 13.3. The summed E-state index contributed by atoms with van der Waals surface area (Å²) in [5.74, 6) is -0.841. The molecule has 1 heterocycles. The Morgan fingerprint density at radius 2 is 2.24 bits per heavy atom. The summed E-state index contributed by atoms with van der Waals surface area (Å²) in [6, 6.07) is 3.05. The molecule has 1 aromatic rings. The first kappa shape index (κ1) is 16.1. The monoisotopic (exact) mass is 333 g/mol. The number of benzene rings is 1. The second kappa shape index (κ2) is 6.23. The van der Waals surface area contributed by atoms with Crippen LogP contribution in [-0.2, 0) is 9.84 Å². The molecular weight excluding hydrogens is 317 g/mol. The normalized spacial score (nSPS) is 19.5. The average Bonchev–Trinajstić information content (AvgIpc) is 2.49. The molecule has 0 aliphatic carbocycles. The third kappa shape index (κ3) is 3.32. The van der Waals surface area contributed by atoms with Crippen molar-refractivity contribution >= 4 is 27.5 Å². The van der Waals surface area contributed by atoms with Gasteiger partial charge in [-0.15, -0.1) is 0 Å². The quantitative estimate of drug-likeness (QED) is 0.907. The summed E-state index contributed by atoms with van der Waals surface area (Å²) >= 11 is 1.46. The summed E-state index contributed by atoms with van der Waals surface area (Å²) in [5, 5.41) is 8.78. The molecule has 0 saturated carbocycles. The summed E-state index contributed by atoms with van der Waals surface area (Å²) in [7, 11) is -3.44. The van der Waals surface area contributed by atoms with Gasteiger partial charge in [-0.25, -0.2) is 12.8 Å². The second-order valence-corrected chi connectivity index (χ2v) is 8.24. The van der Waals surface area contributed by atoms with Gasteiger partial charge in [0.05, 0.1) is 5.56 Å². The van der Waals surface area contributed by atoms with Crippen LogP contribution in [0, 0.1) is 5.82 Å². The Balaban J connectivity index is 2.37. The van der Waals surface area contributed by atoms with Gasteiger partial charge in [0.2, 0.25) is 0 Å². The molecule has 1 atom stereocenters. The molecule has 1 amide bonds. The summed E-state index contributed by atoms with van der Waals surface area (Å²) in [6.07, 6.45) is 0. The molecule has 1 saturated heterocycles. The van der Waals surface area contributed by atoms with Crippen molar-refractivity contribution in [1.29, 1.82) is 0 Å². The van der Waals surface area contributed by atoms with E-state index >= 15 is 0 Å². The topological polar surface area (TPSA) is 74.7 Å². The smallest absolute Gasteiger partial charge is 0.258 e. The number of carbonyl (C=O) groups is 1. The fraction of sp³-hybridized carbons (Fsp3) is 0.462. The Hall–Kier alpha value is -1.28. The number of carbonyl (C=O) groups excluding carboxylic acids is 1. The Bertz CT molecular complexity index is 648. The Kier molecular flexibility index (Phi) is 4.77. The van der Waals surface area contributed by atoms with Crippen LogP contribution in [0.3, 0.4) is 0 Å². The minimum atomic E-state index is -3.44. The van der Waals surface area contributed by atoms with Crippen molar-refractivity contribution in [3.8, 4) is 5.75 Å². The van der Waals surface area contributed by atoms with Crippen LogP contribution < -0.4 is 0 Å². The van der Waals surface area contributed by atoms with E-state index in [1.165, 1.54) is 23.6 Å². The van der Waals surface area contributed by atoms with E-state index in [1.54, 1.807) is 0 Å². The first-order valence-electron chi connectivity index (χ1n) is 6.45. The number of phenolic OH excluding ortho intramolecular Hbond substituents is 1. The van der Waals surface area contributed by atoms with Crippen LogP contribution in [0.1, 0.15) is 17.3 Å². The zero-order valence-corrected chi connectivity index (χ0v) is 13.1. The van der Waals surface area contributed by atoms with Crippen LogP contribution in [0.25, 0.3) is 0 Å². The van der Waals surface area contributed by atoms with Gasteiger partial charge >= 0.3 is 0 Å². The van der Waals surface area contributed by atoms with Gasteiger partial charge in [0.1, 0.15) is 16.9 Å². The standard InChI is InChI=1S/C13H16FNO4S2/c1-2-21(18,19)12-8-20-6-5-15(12)13(17)10-7-9(14)3-4-11(10)16/h3-4,7,12,16H,2,5-6,8H2,1H3. The number of halogens is 1. The Labute approximate surface area is 127 Å². The predicted octanol–water partition coefficient (Wildman–Crippen LogP) is 1.48. The molecule has 2 rings (SSSR count). The lowest BCUT2D eigenvalue weighted by Crippen LogP contribution is -2.50. The minimum absolute atomic E-state index is 0.0723. The minimum Gasteiger partial charge on any atom is -0.507 e. The third-order valence-electron chi connectivity index (χ3n) is 3.35. The van der Waals surface area contributed by atoms with Crippen molar-refractivity contribution in [3.63, 3.8) is 0 Å². The molecule has 1 aliphatic rings. The van der Waals surface area contributed by atoms with E-state index < -0.39 is 26.9 Å². The maximum absolute atomic E-state index is 13.3. The fourth-order valence-corrected chi connectivity index (χ4v) is 5.10. The lowest BCUT2D eigenvalue weighted by molar-refractivity contribution is 0.0746. The summed E-state index contributed by atoms with van der Waals surface area (Å²) < 4.78 is 37.5. The molecule has 1 unspecified atom stereocenters. The molecule has 0 radical (unpaired) electrons. The largest absolute Gasteiger partial charge is 0.507 e. The molecule has 116 valence electrons. The number of thioether (sulfide) groups is 1. The van der Waals surface area contributed by atoms with Crippen LogP contribution in [0.15, 0.2) is 18.2 Å². The first-order valence-corrected chi connectivity index (χ1v) is 9.32. The summed E-state index contributed by atoms with van der Waals surface area (Å²) in [4.78, 5) is 13.7. The number of sulfone groups is 1. The van der Waals surface area contributed by atoms with E-state index in [4.69, 9.17) is 0 Å². The highest BCUT2D eigenvalue weighted by Gasteiger charge is 2.36. The van der Waals surface area contributed by atoms with E-state index in [1.807, 2.05) is 0 Å². The molecule has 8 heteroatoms. The fourth-order valence-electron chi connectivity index (χ4n) is 2.14. The van der Waals surface area contributed by atoms with Crippen LogP contribution in [-0.4, -0.2) is 53.5 Å². The number of hydrogen-bond acceptors (Lipinski definition) is 5. The van der Waals surface area contributed by atoms with Crippen molar-refractivity contribution < 1.29 is 22.7 Å². The lowest BCUT2D eigenvalue weighted by Gasteiger charge is -2.34. The number of aromatic hydroxyl groups is 1. The highest BCUT2D eigenvalue weighted by Crippen LogP contribution is 2.26. The molecule has 0 bridgehead atoms. The highest BCUT2D eigenvalue weighted by molar-refractivity contribution is 8.01. The van der Waals surface area contributed by atoms with Crippen LogP contribution in [0.4, 0.5) is 4.39 Å². The van der Waals surface area contributed by atoms with E-state index in [9.17, 15) is 22.7 Å². The number of nitrogens with zero attached hydrogens (tertiary/aromatic N) is 1. The zero-order chi connectivity index (χ0) is 15.6. The van der Waals surface area contributed by atoms with Crippen LogP contribution in [0.2, 0.25) is 0 Å². The van der Waals surface area contributed by atoms with Crippen molar-refractivity contribution in [2.24, 2.45) is 0 Å². The van der Waals surface area contributed by atoms with Crippen molar-refractivity contribution in [2.75, 3.05) is 23.8 Å². The molecule has 1 aliphatic heterocycles. The van der Waals surface area contributed by atoms with Gasteiger partial charge in [0.25, 0.3) is 5.91 Å². The van der Waals surface area contributed by atoms with E-state index in [0.717, 1.165) is 18.2 Å². The molecule has 1 N–H and O–H groups in total. The summed E-state index contributed by atoms with van der Waals surface area (Å²) in [5.41, 5.74) is -0.210. The molecule has 1 aromatic carbocycles. The Morgan fingerprint density at radius 1 is 1.52 bits per heavy atom. The molecular formula is C13H16FNO4S2. The average molecular weight is 333 g/mol. The second-order valence-electron chi connectivity index (χ2n) is 4.64. The van der Waals surface area contributed by atoms with Crippen molar-refractivity contribution in [1.82, 2.24) is 4.90 Å². The maximum Gasteiger partial charge on any atom is 0.258 e. The van der Waals surface area contributed by atoms with Gasteiger partial charge in [-0.05, 0) is 18.2 Å². The molecule has 0 aromatic heterocycles. The zero-order valence-electron chi connectivity index (χ0n) is 11.5. The third-order valence-corrected chi connectivity index (χ3v) is 6.64. The van der Waals surface area contributed by atoms with Crippen LogP contribution in [0.5, 0.6) is 5.75 Å². The van der Waals surface area contributed by atoms with Gasteiger partial charge in [-0.2, -0.15) is 11.8 Å². The highest BCUT2D eigenvalue weighted by atomic mass is 32.2. The number of amides is 1. The molecule has 1 fully saturated rings. The van der Waals surface area contributed by atoms with Gasteiger partial charge in [-0.3, -0.25) is 4.79 Å². The predicted molar refractivity (Wildman–Crippen MR) is 79.7 cm³/mol. The number of hydrogen-bond donors (Lipinski definition) is 1. The van der Waals surface area contributed by atoms with E-state index in [-0.39, 0.29) is 29.4 Å². The van der Waals surface area contributed by atoms with Crippen molar-refractivity contribution in [3.05, 3.63) is 29.6 Å². The first-order chi connectivity index (χ1) is 9.86. The molecule has 0 spiro atoms. The van der Waals surface area contributed by atoms with Gasteiger partial charge in [-0.1, -0.05) is 6.92 Å². The SMILES string of the molecule is CCS(=O)(=O)C1CSCCN1C(=O)c1cc(F)ccc1O. The number of phenols is 1. The lowest BCUT2D eigenvalue weighted by atomic mass is 10.1. The Morgan fingerprint density at radius 3 is 2.90 bits per heavy atom. The van der Waals surface area contributed by atoms with Gasteiger partial charge < -0.3 is 10.0 Å². The van der Waals surface area contributed by atoms with E-state index in [2.05, 4.69) is 0 Å². The van der Waals surface area contributed by atoms with E-state index in [0.29, 0.717) is 5.75 Å². The van der Waals surface area contributed by atoms with Crippen LogP contribution >= 0.6 is 11.8 Å². The molecule has 21 heavy (non-hydrogen) atoms.